The van der Waals surface area contributed by atoms with Crippen LogP contribution in [0.1, 0.15) is 23.4 Å². The SMILES string of the molecule is Cc1nn(C)c(C)c1OCC(=O)N(CCCN)Cc1ccccc1.Cl. The molecule has 1 heterocycles. The third kappa shape index (κ3) is 5.76. The molecular formula is C18H27ClN4O2. The lowest BCUT2D eigenvalue weighted by atomic mass is 10.2. The molecule has 2 aromatic rings. The molecule has 0 fully saturated rings. The van der Waals surface area contributed by atoms with Gasteiger partial charge in [0.25, 0.3) is 5.91 Å². The van der Waals surface area contributed by atoms with Crippen LogP contribution in [-0.4, -0.2) is 40.3 Å². The molecule has 0 atom stereocenters. The van der Waals surface area contributed by atoms with Gasteiger partial charge in [-0.05, 0) is 32.4 Å². The van der Waals surface area contributed by atoms with Crippen LogP contribution in [0, 0.1) is 13.8 Å². The van der Waals surface area contributed by atoms with E-state index >= 15 is 0 Å². The highest BCUT2D eigenvalue weighted by Crippen LogP contribution is 2.21. The lowest BCUT2D eigenvalue weighted by Gasteiger charge is -2.23. The molecule has 0 aliphatic rings. The third-order valence-corrected chi connectivity index (χ3v) is 3.98. The van der Waals surface area contributed by atoms with E-state index in [1.165, 1.54) is 0 Å². The zero-order valence-electron chi connectivity index (χ0n) is 15.1. The number of ether oxygens (including phenoxy) is 1. The van der Waals surface area contributed by atoms with Crippen molar-refractivity contribution in [1.82, 2.24) is 14.7 Å². The van der Waals surface area contributed by atoms with Gasteiger partial charge in [0.05, 0.1) is 5.69 Å². The minimum absolute atomic E-state index is 0. The van der Waals surface area contributed by atoms with E-state index in [0.717, 1.165) is 23.4 Å². The van der Waals surface area contributed by atoms with Gasteiger partial charge in [-0.25, -0.2) is 0 Å². The van der Waals surface area contributed by atoms with Gasteiger partial charge in [-0.1, -0.05) is 30.3 Å². The van der Waals surface area contributed by atoms with Crippen molar-refractivity contribution >= 4 is 18.3 Å². The molecule has 1 amide bonds. The van der Waals surface area contributed by atoms with Crippen LogP contribution in [0.4, 0.5) is 0 Å². The lowest BCUT2D eigenvalue weighted by Crippen LogP contribution is -2.36. The smallest absolute Gasteiger partial charge is 0.260 e. The Hall–Kier alpha value is -2.05. The van der Waals surface area contributed by atoms with E-state index in [4.69, 9.17) is 10.5 Å². The summed E-state index contributed by atoms with van der Waals surface area (Å²) in [6.07, 6.45) is 0.767. The molecule has 25 heavy (non-hydrogen) atoms. The molecule has 0 unspecified atom stereocenters. The second kappa shape index (κ2) is 10.1. The monoisotopic (exact) mass is 366 g/mol. The number of halogens is 1. The topological polar surface area (TPSA) is 73.4 Å². The molecule has 0 aliphatic carbocycles. The van der Waals surface area contributed by atoms with Gasteiger partial charge in [-0.3, -0.25) is 9.48 Å². The number of carbonyl (C=O) groups excluding carboxylic acids is 1. The van der Waals surface area contributed by atoms with Crippen LogP contribution in [0.5, 0.6) is 5.75 Å². The molecule has 1 aromatic carbocycles. The summed E-state index contributed by atoms with van der Waals surface area (Å²) in [7, 11) is 1.86. The van der Waals surface area contributed by atoms with Crippen molar-refractivity contribution in [2.24, 2.45) is 12.8 Å². The van der Waals surface area contributed by atoms with Gasteiger partial charge in [0.1, 0.15) is 5.69 Å². The van der Waals surface area contributed by atoms with E-state index in [1.807, 2.05) is 51.2 Å². The van der Waals surface area contributed by atoms with Gasteiger partial charge in [-0.2, -0.15) is 5.10 Å². The number of aromatic nitrogens is 2. The van der Waals surface area contributed by atoms with Crippen LogP contribution < -0.4 is 10.5 Å². The predicted octanol–water partition coefficient (Wildman–Crippen LogP) is 2.22. The summed E-state index contributed by atoms with van der Waals surface area (Å²) >= 11 is 0. The third-order valence-electron chi connectivity index (χ3n) is 3.98. The van der Waals surface area contributed by atoms with Crippen molar-refractivity contribution in [2.45, 2.75) is 26.8 Å². The first-order valence-corrected chi connectivity index (χ1v) is 8.17. The number of aryl methyl sites for hydroxylation is 2. The molecule has 0 bridgehead atoms. The van der Waals surface area contributed by atoms with Crippen LogP contribution in [-0.2, 0) is 18.4 Å². The molecule has 138 valence electrons. The fourth-order valence-electron chi connectivity index (χ4n) is 2.57. The molecule has 0 saturated carbocycles. The summed E-state index contributed by atoms with van der Waals surface area (Å²) in [5, 5.41) is 4.30. The van der Waals surface area contributed by atoms with Crippen LogP contribution in [0.2, 0.25) is 0 Å². The first-order chi connectivity index (χ1) is 11.5. The van der Waals surface area contributed by atoms with E-state index in [0.29, 0.717) is 25.4 Å². The molecule has 1 aromatic heterocycles. The Morgan fingerprint density at radius 3 is 2.52 bits per heavy atom. The molecule has 6 nitrogen and oxygen atoms in total. The number of rotatable bonds is 8. The van der Waals surface area contributed by atoms with Crippen LogP contribution in [0.3, 0.4) is 0 Å². The minimum atomic E-state index is -0.0463. The van der Waals surface area contributed by atoms with Crippen molar-refractivity contribution < 1.29 is 9.53 Å². The van der Waals surface area contributed by atoms with Crippen LogP contribution in [0.15, 0.2) is 30.3 Å². The van der Waals surface area contributed by atoms with Crippen LogP contribution >= 0.6 is 12.4 Å². The molecule has 0 saturated heterocycles. The van der Waals surface area contributed by atoms with Crippen molar-refractivity contribution in [3.05, 3.63) is 47.3 Å². The maximum absolute atomic E-state index is 12.6. The van der Waals surface area contributed by atoms with Crippen molar-refractivity contribution in [3.8, 4) is 5.75 Å². The zero-order valence-corrected chi connectivity index (χ0v) is 15.9. The Kier molecular flexibility index (Phi) is 8.45. The quantitative estimate of drug-likeness (QED) is 0.777. The molecular weight excluding hydrogens is 340 g/mol. The van der Waals surface area contributed by atoms with Gasteiger partial charge in [0.15, 0.2) is 12.4 Å². The zero-order chi connectivity index (χ0) is 17.5. The van der Waals surface area contributed by atoms with Crippen molar-refractivity contribution in [3.63, 3.8) is 0 Å². The summed E-state index contributed by atoms with van der Waals surface area (Å²) in [6, 6.07) is 9.93. The van der Waals surface area contributed by atoms with Crippen molar-refractivity contribution in [1.29, 1.82) is 0 Å². The van der Waals surface area contributed by atoms with Crippen molar-refractivity contribution in [2.75, 3.05) is 19.7 Å². The van der Waals surface area contributed by atoms with E-state index in [9.17, 15) is 4.79 Å². The highest BCUT2D eigenvalue weighted by atomic mass is 35.5. The molecule has 0 radical (unpaired) electrons. The number of amides is 1. The maximum Gasteiger partial charge on any atom is 0.260 e. The fraction of sp³-hybridized carbons (Fsp3) is 0.444. The first kappa shape index (κ1) is 21.0. The predicted molar refractivity (Wildman–Crippen MR) is 101 cm³/mol. The summed E-state index contributed by atoms with van der Waals surface area (Å²) in [4.78, 5) is 14.4. The Bertz CT molecular complexity index is 673. The highest BCUT2D eigenvalue weighted by molar-refractivity contribution is 5.85. The van der Waals surface area contributed by atoms with Gasteiger partial charge in [0, 0.05) is 20.1 Å². The Morgan fingerprint density at radius 2 is 1.96 bits per heavy atom. The van der Waals surface area contributed by atoms with Gasteiger partial charge >= 0.3 is 0 Å². The Labute approximate surface area is 155 Å². The number of hydrogen-bond acceptors (Lipinski definition) is 4. The Balaban J connectivity index is 0.00000312. The lowest BCUT2D eigenvalue weighted by molar-refractivity contribution is -0.134. The first-order valence-electron chi connectivity index (χ1n) is 8.17. The molecule has 7 heteroatoms. The fourth-order valence-corrected chi connectivity index (χ4v) is 2.57. The summed E-state index contributed by atoms with van der Waals surface area (Å²) in [5.74, 6) is 0.638. The summed E-state index contributed by atoms with van der Waals surface area (Å²) in [6.45, 7) is 5.55. The summed E-state index contributed by atoms with van der Waals surface area (Å²) < 4.78 is 7.50. The molecule has 2 N–H and O–H groups in total. The molecule has 0 spiro atoms. The minimum Gasteiger partial charge on any atom is -0.480 e. The average Bonchev–Trinajstić information content (AvgIpc) is 2.82. The Morgan fingerprint density at radius 1 is 1.28 bits per heavy atom. The number of carbonyl (C=O) groups is 1. The molecule has 2 rings (SSSR count). The number of benzene rings is 1. The van der Waals surface area contributed by atoms with E-state index in [1.54, 1.807) is 9.58 Å². The molecule has 0 aliphatic heterocycles. The van der Waals surface area contributed by atoms with Gasteiger partial charge in [-0.15, -0.1) is 12.4 Å². The second-order valence-corrected chi connectivity index (χ2v) is 5.86. The largest absolute Gasteiger partial charge is 0.480 e. The standard InChI is InChI=1S/C18H26N4O2.ClH/c1-14-18(15(2)21(3)20-14)24-13-17(23)22(11-7-10-19)12-16-8-5-4-6-9-16;/h4-6,8-9H,7,10-13,19H2,1-3H3;1H. The number of nitrogens with two attached hydrogens (primary N) is 1. The van der Waals surface area contributed by atoms with E-state index in [-0.39, 0.29) is 24.9 Å². The van der Waals surface area contributed by atoms with Gasteiger partial charge in [0.2, 0.25) is 0 Å². The highest BCUT2D eigenvalue weighted by Gasteiger charge is 2.17. The number of hydrogen-bond donors (Lipinski definition) is 1. The number of nitrogens with zero attached hydrogens (tertiary/aromatic N) is 3. The second-order valence-electron chi connectivity index (χ2n) is 5.86. The maximum atomic E-state index is 12.6. The van der Waals surface area contributed by atoms with E-state index < -0.39 is 0 Å². The van der Waals surface area contributed by atoms with Gasteiger partial charge < -0.3 is 15.4 Å². The normalized spacial score (nSPS) is 10.2. The summed E-state index contributed by atoms with van der Waals surface area (Å²) in [5.41, 5.74) is 8.40. The van der Waals surface area contributed by atoms with Crippen LogP contribution in [0.25, 0.3) is 0 Å². The average molecular weight is 367 g/mol. The van der Waals surface area contributed by atoms with E-state index in [2.05, 4.69) is 5.10 Å².